The Labute approximate surface area is 185 Å². The number of likely N-dealkylation sites (N-methyl/N-ethyl adjacent to an activating group) is 2. The molecule has 1 N–H and O–H groups in total. The van der Waals surface area contributed by atoms with Crippen molar-refractivity contribution in [1.29, 1.82) is 0 Å². The summed E-state index contributed by atoms with van der Waals surface area (Å²) in [7, 11) is 4.05. The Kier molecular flexibility index (Phi) is 6.58. The largest absolute Gasteiger partial charge is 0.493 e. The lowest BCUT2D eigenvalue weighted by Gasteiger charge is -2.28. The first-order valence-electron chi connectivity index (χ1n) is 9.70. The predicted molar refractivity (Wildman–Crippen MR) is 117 cm³/mol. The maximum absolute atomic E-state index is 12.4. The quantitative estimate of drug-likeness (QED) is 0.550. The lowest BCUT2D eigenvalue weighted by atomic mass is 10.1. The number of barbiturate groups is 1. The van der Waals surface area contributed by atoms with E-state index in [-0.39, 0.29) is 18.1 Å². The van der Waals surface area contributed by atoms with Gasteiger partial charge in [-0.2, -0.15) is 0 Å². The number of carbonyl (C=O) groups is 4. The van der Waals surface area contributed by atoms with Crippen LogP contribution in [0, 0.1) is 6.92 Å². The number of amides is 5. The highest BCUT2D eigenvalue weighted by Gasteiger charge is 2.37. The third-order valence-electron chi connectivity index (χ3n) is 4.80. The molecular formula is C23H23N3O6. The highest BCUT2D eigenvalue weighted by molar-refractivity contribution is 6.30. The molecule has 1 aliphatic rings. The number of methoxy groups -OCH3 is 1. The van der Waals surface area contributed by atoms with Crippen LogP contribution in [-0.4, -0.2) is 61.4 Å². The van der Waals surface area contributed by atoms with Gasteiger partial charge in [-0.3, -0.25) is 24.2 Å². The number of aryl methyl sites for hydroxylation is 1. The van der Waals surface area contributed by atoms with Crippen LogP contribution in [0.2, 0.25) is 0 Å². The highest BCUT2D eigenvalue weighted by Crippen LogP contribution is 2.29. The zero-order chi connectivity index (χ0) is 23.4. The Bertz CT molecular complexity index is 1100. The lowest BCUT2D eigenvalue weighted by molar-refractivity contribution is -0.134. The summed E-state index contributed by atoms with van der Waals surface area (Å²) in [4.78, 5) is 50.5. The molecule has 0 bridgehead atoms. The van der Waals surface area contributed by atoms with E-state index >= 15 is 0 Å². The zero-order valence-electron chi connectivity index (χ0n) is 18.2. The molecule has 1 fully saturated rings. The number of imide groups is 2. The van der Waals surface area contributed by atoms with Gasteiger partial charge in [0.05, 0.1) is 7.11 Å². The Balaban J connectivity index is 1.74. The molecule has 1 heterocycles. The van der Waals surface area contributed by atoms with Crippen LogP contribution in [0.3, 0.4) is 0 Å². The number of rotatable bonds is 6. The number of hydrogen-bond acceptors (Lipinski definition) is 6. The molecule has 0 spiro atoms. The first-order valence-corrected chi connectivity index (χ1v) is 9.70. The highest BCUT2D eigenvalue weighted by atomic mass is 16.5. The minimum atomic E-state index is -0.692. The summed E-state index contributed by atoms with van der Waals surface area (Å²) in [5, 5.41) is 2.75. The van der Waals surface area contributed by atoms with E-state index in [1.165, 1.54) is 27.3 Å². The summed E-state index contributed by atoms with van der Waals surface area (Å²) in [5.41, 5.74) is 2.03. The van der Waals surface area contributed by atoms with Gasteiger partial charge in [-0.05, 0) is 48.4 Å². The van der Waals surface area contributed by atoms with E-state index in [1.807, 2.05) is 25.1 Å². The van der Waals surface area contributed by atoms with Gasteiger partial charge in [0.1, 0.15) is 5.57 Å². The number of ether oxygens (including phenoxy) is 2. The van der Waals surface area contributed by atoms with Crippen molar-refractivity contribution in [1.82, 2.24) is 9.80 Å². The summed E-state index contributed by atoms with van der Waals surface area (Å²) in [5.74, 6) is -1.08. The van der Waals surface area contributed by atoms with E-state index in [4.69, 9.17) is 9.47 Å². The van der Waals surface area contributed by atoms with Crippen molar-refractivity contribution in [2.45, 2.75) is 6.92 Å². The van der Waals surface area contributed by atoms with Crippen molar-refractivity contribution in [3.63, 3.8) is 0 Å². The molecule has 0 radical (unpaired) electrons. The van der Waals surface area contributed by atoms with Gasteiger partial charge in [-0.15, -0.1) is 0 Å². The van der Waals surface area contributed by atoms with Crippen LogP contribution in [-0.2, 0) is 14.4 Å². The molecule has 0 saturated carbocycles. The van der Waals surface area contributed by atoms with Crippen LogP contribution in [0.4, 0.5) is 10.5 Å². The van der Waals surface area contributed by atoms with Crippen LogP contribution in [0.15, 0.2) is 48.0 Å². The molecule has 9 heteroatoms. The van der Waals surface area contributed by atoms with E-state index in [1.54, 1.807) is 24.3 Å². The molecule has 32 heavy (non-hydrogen) atoms. The summed E-state index contributed by atoms with van der Waals surface area (Å²) in [6.45, 7) is 1.69. The molecule has 5 amide bonds. The minimum Gasteiger partial charge on any atom is -0.493 e. The molecule has 1 aliphatic heterocycles. The molecule has 0 atom stereocenters. The number of hydrogen-bond donors (Lipinski definition) is 1. The zero-order valence-corrected chi connectivity index (χ0v) is 18.2. The first kappa shape index (κ1) is 22.5. The maximum Gasteiger partial charge on any atom is 0.333 e. The molecule has 3 rings (SSSR count). The molecule has 0 aliphatic carbocycles. The SMILES string of the molecule is COc1cc(C=C2C(=O)N(C)C(=O)N(C)C2=O)ccc1OCC(=O)Nc1cccc(C)c1. The number of nitrogens with one attached hydrogen (secondary N) is 1. The number of benzene rings is 2. The third kappa shape index (κ3) is 4.77. The summed E-state index contributed by atoms with van der Waals surface area (Å²) in [6.07, 6.45) is 1.38. The number of nitrogens with zero attached hydrogens (tertiary/aromatic N) is 2. The Morgan fingerprint density at radius 3 is 2.31 bits per heavy atom. The van der Waals surface area contributed by atoms with Gasteiger partial charge in [0.2, 0.25) is 0 Å². The second-order valence-corrected chi connectivity index (χ2v) is 7.19. The molecule has 1 saturated heterocycles. The van der Waals surface area contributed by atoms with E-state index in [2.05, 4.69) is 5.32 Å². The van der Waals surface area contributed by atoms with Crippen molar-refractivity contribution >= 4 is 35.5 Å². The Morgan fingerprint density at radius 1 is 1.00 bits per heavy atom. The fraction of sp³-hybridized carbons (Fsp3) is 0.217. The molecule has 9 nitrogen and oxygen atoms in total. The summed E-state index contributed by atoms with van der Waals surface area (Å²) in [6, 6.07) is 11.5. The van der Waals surface area contributed by atoms with E-state index in [9.17, 15) is 19.2 Å². The van der Waals surface area contributed by atoms with Crippen LogP contribution >= 0.6 is 0 Å². The lowest BCUT2D eigenvalue weighted by Crippen LogP contribution is -2.52. The van der Waals surface area contributed by atoms with Gasteiger partial charge >= 0.3 is 6.03 Å². The van der Waals surface area contributed by atoms with Gasteiger partial charge < -0.3 is 14.8 Å². The van der Waals surface area contributed by atoms with Crippen LogP contribution in [0.1, 0.15) is 11.1 Å². The molecular weight excluding hydrogens is 414 g/mol. The van der Waals surface area contributed by atoms with E-state index in [0.29, 0.717) is 22.7 Å². The third-order valence-corrected chi connectivity index (χ3v) is 4.80. The fourth-order valence-electron chi connectivity index (χ4n) is 3.10. The van der Waals surface area contributed by atoms with Crippen molar-refractivity contribution < 1.29 is 28.7 Å². The molecule has 166 valence electrons. The number of carbonyl (C=O) groups excluding carboxylic acids is 4. The van der Waals surface area contributed by atoms with Crippen molar-refractivity contribution in [3.05, 3.63) is 59.2 Å². The first-order chi connectivity index (χ1) is 15.2. The van der Waals surface area contributed by atoms with Crippen molar-refractivity contribution in [2.75, 3.05) is 33.1 Å². The summed E-state index contributed by atoms with van der Waals surface area (Å²) >= 11 is 0. The Morgan fingerprint density at radius 2 is 1.69 bits per heavy atom. The van der Waals surface area contributed by atoms with Crippen LogP contribution < -0.4 is 14.8 Å². The van der Waals surface area contributed by atoms with Crippen LogP contribution in [0.25, 0.3) is 6.08 Å². The second kappa shape index (κ2) is 9.34. The fourth-order valence-corrected chi connectivity index (χ4v) is 3.10. The van der Waals surface area contributed by atoms with E-state index in [0.717, 1.165) is 15.4 Å². The average molecular weight is 437 g/mol. The topological polar surface area (TPSA) is 105 Å². The van der Waals surface area contributed by atoms with Gasteiger partial charge in [-0.1, -0.05) is 18.2 Å². The summed E-state index contributed by atoms with van der Waals surface area (Å²) < 4.78 is 10.9. The standard InChI is InChI=1S/C23H23N3O6/c1-14-6-5-7-16(10-14)24-20(27)13-32-18-9-8-15(12-19(18)31-4)11-17-21(28)25(2)23(30)26(3)22(17)29/h5-12H,13H2,1-4H3,(H,24,27). The maximum atomic E-state index is 12.4. The molecule has 2 aromatic rings. The van der Waals surface area contributed by atoms with Gasteiger partial charge in [-0.25, -0.2) is 4.79 Å². The number of anilines is 1. The molecule has 0 unspecified atom stereocenters. The van der Waals surface area contributed by atoms with Crippen molar-refractivity contribution in [3.8, 4) is 11.5 Å². The van der Waals surface area contributed by atoms with Gasteiger partial charge in [0.25, 0.3) is 17.7 Å². The van der Waals surface area contributed by atoms with E-state index < -0.39 is 17.8 Å². The Hall–Kier alpha value is -4.14. The normalized spacial score (nSPS) is 13.9. The minimum absolute atomic E-state index is 0.150. The molecule has 2 aromatic carbocycles. The smallest absolute Gasteiger partial charge is 0.333 e. The predicted octanol–water partition coefficient (Wildman–Crippen LogP) is 2.45. The van der Waals surface area contributed by atoms with Crippen molar-refractivity contribution in [2.24, 2.45) is 0 Å². The monoisotopic (exact) mass is 437 g/mol. The number of urea groups is 1. The van der Waals surface area contributed by atoms with Crippen LogP contribution in [0.5, 0.6) is 11.5 Å². The molecule has 0 aromatic heterocycles. The van der Waals surface area contributed by atoms with Gasteiger partial charge in [0, 0.05) is 19.8 Å². The van der Waals surface area contributed by atoms with Gasteiger partial charge in [0.15, 0.2) is 18.1 Å². The average Bonchev–Trinajstić information content (AvgIpc) is 2.78. The second-order valence-electron chi connectivity index (χ2n) is 7.19.